The van der Waals surface area contributed by atoms with Gasteiger partial charge in [0.05, 0.1) is 13.0 Å². The molecule has 3 aromatic carbocycles. The van der Waals surface area contributed by atoms with Crippen molar-refractivity contribution in [1.29, 1.82) is 0 Å². The van der Waals surface area contributed by atoms with Crippen molar-refractivity contribution < 1.29 is 28.7 Å². The molecule has 6 nitrogen and oxygen atoms in total. The molecule has 0 saturated carbocycles. The van der Waals surface area contributed by atoms with Gasteiger partial charge in [0.25, 0.3) is 0 Å². The molecule has 0 saturated heterocycles. The maximum absolute atomic E-state index is 14.6. The zero-order valence-corrected chi connectivity index (χ0v) is 18.3. The molecule has 170 valence electrons. The predicted molar refractivity (Wildman–Crippen MR) is 120 cm³/mol. The van der Waals surface area contributed by atoms with Crippen molar-refractivity contribution in [3.05, 3.63) is 93.8 Å². The van der Waals surface area contributed by atoms with Crippen molar-refractivity contribution in [2.24, 2.45) is 0 Å². The van der Waals surface area contributed by atoms with Gasteiger partial charge < -0.3 is 14.7 Å². The fourth-order valence-electron chi connectivity index (χ4n) is 3.85. The number of nitrogens with zero attached hydrogens (tertiary/aromatic N) is 1. The van der Waals surface area contributed by atoms with Gasteiger partial charge in [0, 0.05) is 17.1 Å². The Morgan fingerprint density at radius 2 is 1.79 bits per heavy atom. The molecule has 1 aliphatic heterocycles. The lowest BCUT2D eigenvalue weighted by Gasteiger charge is -2.29. The number of hydrogen-bond acceptors (Lipinski definition) is 5. The van der Waals surface area contributed by atoms with Gasteiger partial charge in [-0.2, -0.15) is 0 Å². The highest BCUT2D eigenvalue weighted by Crippen LogP contribution is 2.36. The first kappa shape index (κ1) is 22.8. The topological polar surface area (TPSA) is 76.1 Å². The summed E-state index contributed by atoms with van der Waals surface area (Å²) < 4.78 is 19.7. The summed E-state index contributed by atoms with van der Waals surface area (Å²) in [5.74, 6) is -1.31. The Balaban J connectivity index is 1.54. The van der Waals surface area contributed by atoms with Crippen LogP contribution in [-0.2, 0) is 40.4 Å². The SMILES string of the molecule is O=C(O)Cc1ccc(Cl)c(-c2ccc(F)c3c2CN(OC(=O)OCc2ccccc2)CC3)c1. The van der Waals surface area contributed by atoms with Crippen LogP contribution in [0.2, 0.25) is 5.02 Å². The molecule has 0 fully saturated rings. The predicted octanol–water partition coefficient (Wildman–Crippen LogP) is 5.40. The van der Waals surface area contributed by atoms with Crippen LogP contribution in [0, 0.1) is 5.82 Å². The van der Waals surface area contributed by atoms with Crippen molar-refractivity contribution >= 4 is 23.7 Å². The lowest BCUT2D eigenvalue weighted by atomic mass is 9.90. The first-order chi connectivity index (χ1) is 15.9. The van der Waals surface area contributed by atoms with E-state index in [1.54, 1.807) is 24.3 Å². The normalized spacial score (nSPS) is 13.3. The van der Waals surface area contributed by atoms with Gasteiger partial charge in [-0.25, -0.2) is 9.18 Å². The standard InChI is InChI=1S/C25H21ClFNO5/c26-22-8-6-17(13-24(29)30)12-20(22)18-7-9-23(27)19-10-11-28(14-21(18)19)33-25(31)32-15-16-4-2-1-3-5-16/h1-9,12H,10-11,13-15H2,(H,29,30). The Bertz CT molecular complexity index is 1180. The number of hydroxylamine groups is 2. The van der Waals surface area contributed by atoms with Crippen molar-refractivity contribution in [2.45, 2.75) is 26.0 Å². The van der Waals surface area contributed by atoms with E-state index in [2.05, 4.69) is 0 Å². The second-order valence-corrected chi connectivity index (χ2v) is 8.07. The van der Waals surface area contributed by atoms with E-state index in [0.717, 1.165) is 5.56 Å². The molecular weight excluding hydrogens is 449 g/mol. The van der Waals surface area contributed by atoms with Crippen molar-refractivity contribution in [3.8, 4) is 11.1 Å². The number of fused-ring (bicyclic) bond motifs is 1. The minimum Gasteiger partial charge on any atom is -0.481 e. The molecule has 1 heterocycles. The minimum absolute atomic E-state index is 0.0793. The molecule has 0 radical (unpaired) electrons. The third-order valence-corrected chi connectivity index (χ3v) is 5.73. The van der Waals surface area contributed by atoms with Crippen molar-refractivity contribution in [2.75, 3.05) is 6.54 Å². The van der Waals surface area contributed by atoms with Crippen LogP contribution >= 0.6 is 11.6 Å². The summed E-state index contributed by atoms with van der Waals surface area (Å²) in [4.78, 5) is 28.6. The maximum atomic E-state index is 14.6. The van der Waals surface area contributed by atoms with E-state index in [-0.39, 0.29) is 25.4 Å². The number of benzene rings is 3. The fourth-order valence-corrected chi connectivity index (χ4v) is 4.07. The summed E-state index contributed by atoms with van der Waals surface area (Å²) in [5, 5.41) is 11.0. The molecule has 0 unspecified atom stereocenters. The van der Waals surface area contributed by atoms with E-state index in [0.29, 0.717) is 45.8 Å². The Morgan fingerprint density at radius 3 is 2.55 bits per heavy atom. The number of halogens is 2. The lowest BCUT2D eigenvalue weighted by Crippen LogP contribution is -2.34. The Hall–Kier alpha value is -3.42. The summed E-state index contributed by atoms with van der Waals surface area (Å²) in [7, 11) is 0. The quantitative estimate of drug-likeness (QED) is 0.487. The summed E-state index contributed by atoms with van der Waals surface area (Å²) in [6.07, 6.45) is -0.676. The fraction of sp³-hybridized carbons (Fsp3) is 0.200. The monoisotopic (exact) mass is 469 g/mol. The summed E-state index contributed by atoms with van der Waals surface area (Å²) in [5.41, 5.74) is 3.82. The van der Waals surface area contributed by atoms with Crippen LogP contribution in [0.15, 0.2) is 60.7 Å². The number of rotatable bonds is 6. The average molecular weight is 470 g/mol. The second kappa shape index (κ2) is 10.0. The number of carboxylic acids is 1. The van der Waals surface area contributed by atoms with Gasteiger partial charge in [0.2, 0.25) is 0 Å². The van der Waals surface area contributed by atoms with E-state index in [9.17, 15) is 14.0 Å². The largest absolute Gasteiger partial charge is 0.528 e. The van der Waals surface area contributed by atoms with Gasteiger partial charge in [-0.3, -0.25) is 4.79 Å². The Morgan fingerprint density at radius 1 is 1.00 bits per heavy atom. The van der Waals surface area contributed by atoms with Gasteiger partial charge in [0.15, 0.2) is 0 Å². The first-order valence-electron chi connectivity index (χ1n) is 10.3. The van der Waals surface area contributed by atoms with E-state index in [4.69, 9.17) is 26.3 Å². The number of carboxylic acid groups (broad SMARTS) is 1. The third kappa shape index (κ3) is 5.50. The summed E-state index contributed by atoms with van der Waals surface area (Å²) in [6.45, 7) is 0.527. The molecule has 4 rings (SSSR count). The Kier molecular flexibility index (Phi) is 6.91. The van der Waals surface area contributed by atoms with E-state index in [1.165, 1.54) is 11.1 Å². The van der Waals surface area contributed by atoms with E-state index in [1.807, 2.05) is 30.3 Å². The van der Waals surface area contributed by atoms with E-state index < -0.39 is 12.1 Å². The van der Waals surface area contributed by atoms with Crippen LogP contribution in [0.3, 0.4) is 0 Å². The molecule has 33 heavy (non-hydrogen) atoms. The van der Waals surface area contributed by atoms with Crippen molar-refractivity contribution in [1.82, 2.24) is 5.06 Å². The molecule has 0 aliphatic carbocycles. The molecule has 1 N–H and O–H groups in total. The van der Waals surface area contributed by atoms with Crippen LogP contribution in [0.1, 0.15) is 22.3 Å². The van der Waals surface area contributed by atoms with Crippen LogP contribution in [0.4, 0.5) is 9.18 Å². The maximum Gasteiger partial charge on any atom is 0.528 e. The summed E-state index contributed by atoms with van der Waals surface area (Å²) >= 11 is 6.41. The molecule has 0 bridgehead atoms. The van der Waals surface area contributed by atoms with Gasteiger partial charge in [0.1, 0.15) is 12.4 Å². The van der Waals surface area contributed by atoms with Gasteiger partial charge in [-0.05, 0) is 52.4 Å². The summed E-state index contributed by atoms with van der Waals surface area (Å²) in [6, 6.07) is 17.2. The molecule has 8 heteroatoms. The molecule has 3 aromatic rings. The highest BCUT2D eigenvalue weighted by Gasteiger charge is 2.26. The van der Waals surface area contributed by atoms with E-state index >= 15 is 0 Å². The molecular formula is C25H21ClFNO5. The number of hydrogen-bond donors (Lipinski definition) is 1. The van der Waals surface area contributed by atoms with Gasteiger partial charge in [-0.15, -0.1) is 5.06 Å². The van der Waals surface area contributed by atoms with Gasteiger partial charge >= 0.3 is 12.1 Å². The van der Waals surface area contributed by atoms with Gasteiger partial charge in [-0.1, -0.05) is 54.1 Å². The zero-order chi connectivity index (χ0) is 23.4. The first-order valence-corrected chi connectivity index (χ1v) is 10.7. The average Bonchev–Trinajstić information content (AvgIpc) is 2.80. The molecule has 0 aromatic heterocycles. The van der Waals surface area contributed by atoms with Crippen LogP contribution in [0.5, 0.6) is 0 Å². The zero-order valence-electron chi connectivity index (χ0n) is 17.6. The van der Waals surface area contributed by atoms with Crippen LogP contribution < -0.4 is 0 Å². The van der Waals surface area contributed by atoms with Crippen LogP contribution in [0.25, 0.3) is 11.1 Å². The molecule has 0 spiro atoms. The second-order valence-electron chi connectivity index (χ2n) is 7.67. The molecule has 0 amide bonds. The number of ether oxygens (including phenoxy) is 1. The number of aliphatic carboxylic acids is 1. The highest BCUT2D eigenvalue weighted by atomic mass is 35.5. The third-order valence-electron chi connectivity index (χ3n) is 5.40. The minimum atomic E-state index is -0.960. The smallest absolute Gasteiger partial charge is 0.481 e. The number of carbonyl (C=O) groups is 2. The Labute approximate surface area is 195 Å². The highest BCUT2D eigenvalue weighted by molar-refractivity contribution is 6.33. The lowest BCUT2D eigenvalue weighted by molar-refractivity contribution is -0.139. The molecule has 0 atom stereocenters. The van der Waals surface area contributed by atoms with Crippen molar-refractivity contribution in [3.63, 3.8) is 0 Å². The molecule has 1 aliphatic rings. The van der Waals surface area contributed by atoms with Crippen LogP contribution in [-0.4, -0.2) is 28.8 Å². The number of carbonyl (C=O) groups excluding carboxylic acids is 1.